The highest BCUT2D eigenvalue weighted by Crippen LogP contribution is 2.85. The highest BCUT2D eigenvalue weighted by Gasteiger charge is 2.81. The van der Waals surface area contributed by atoms with Crippen molar-refractivity contribution in [3.63, 3.8) is 0 Å². The zero-order valence-electron chi connectivity index (χ0n) is 10.9. The van der Waals surface area contributed by atoms with E-state index in [4.69, 9.17) is 5.73 Å². The van der Waals surface area contributed by atoms with Gasteiger partial charge in [0.1, 0.15) is 0 Å². The zero-order valence-corrected chi connectivity index (χ0v) is 10.9. The predicted octanol–water partition coefficient (Wildman–Crippen LogP) is 2.90. The number of rotatable bonds is 2. The van der Waals surface area contributed by atoms with Crippen LogP contribution in [0.3, 0.4) is 0 Å². The lowest BCUT2D eigenvalue weighted by Crippen LogP contribution is -2.83. The van der Waals surface area contributed by atoms with E-state index < -0.39 is 0 Å². The standard InChI is InChI=1S/C16H25N/c1-8-2-3-9(8)12-6-13-14-10-4-5-11(10)15(14)16(12,13)7-17/h8-15H,2-7,17H2,1H3. The van der Waals surface area contributed by atoms with Gasteiger partial charge in [0, 0.05) is 0 Å². The Bertz CT molecular complexity index is 378. The maximum absolute atomic E-state index is 6.28. The monoisotopic (exact) mass is 231 g/mol. The summed E-state index contributed by atoms with van der Waals surface area (Å²) < 4.78 is 0. The lowest BCUT2D eigenvalue weighted by Gasteiger charge is -2.86. The Balaban J connectivity index is 1.44. The second-order valence-electron chi connectivity index (χ2n) is 7.99. The van der Waals surface area contributed by atoms with E-state index in [1.54, 1.807) is 19.3 Å². The van der Waals surface area contributed by atoms with Crippen LogP contribution in [0.4, 0.5) is 0 Å². The molecule has 94 valence electrons. The molecule has 0 saturated heterocycles. The van der Waals surface area contributed by atoms with Crippen molar-refractivity contribution in [2.45, 2.75) is 39.0 Å². The molecule has 5 fully saturated rings. The molecule has 0 radical (unpaired) electrons. The van der Waals surface area contributed by atoms with Crippen LogP contribution in [0.25, 0.3) is 0 Å². The van der Waals surface area contributed by atoms with E-state index in [2.05, 4.69) is 6.92 Å². The van der Waals surface area contributed by atoms with Gasteiger partial charge in [-0.05, 0) is 85.0 Å². The van der Waals surface area contributed by atoms with E-state index in [9.17, 15) is 0 Å². The van der Waals surface area contributed by atoms with Crippen molar-refractivity contribution >= 4 is 0 Å². The molecule has 2 N–H and O–H groups in total. The first kappa shape index (κ1) is 9.83. The quantitative estimate of drug-likeness (QED) is 0.777. The van der Waals surface area contributed by atoms with Crippen molar-refractivity contribution in [1.29, 1.82) is 0 Å². The average molecular weight is 231 g/mol. The Labute approximate surface area is 105 Å². The van der Waals surface area contributed by atoms with Crippen molar-refractivity contribution in [3.8, 4) is 0 Å². The Morgan fingerprint density at radius 1 is 1.00 bits per heavy atom. The number of nitrogens with two attached hydrogens (primary N) is 1. The smallest absolute Gasteiger partial charge is 0.00121 e. The predicted molar refractivity (Wildman–Crippen MR) is 68.2 cm³/mol. The maximum atomic E-state index is 6.28. The highest BCUT2D eigenvalue weighted by atomic mass is 14.9. The van der Waals surface area contributed by atoms with Crippen LogP contribution in [0.15, 0.2) is 0 Å². The number of fused-ring (bicyclic) bond motifs is 7. The van der Waals surface area contributed by atoms with Crippen molar-refractivity contribution in [2.75, 3.05) is 6.54 Å². The van der Waals surface area contributed by atoms with E-state index >= 15 is 0 Å². The Morgan fingerprint density at radius 3 is 2.29 bits per heavy atom. The summed E-state index contributed by atoms with van der Waals surface area (Å²) in [6, 6.07) is 0. The fraction of sp³-hybridized carbons (Fsp3) is 1.00. The van der Waals surface area contributed by atoms with E-state index in [0.717, 1.165) is 48.0 Å². The molecule has 9 atom stereocenters. The average Bonchev–Trinajstić information content (AvgIpc) is 2.28. The third-order valence-corrected chi connectivity index (χ3v) is 8.28. The third kappa shape index (κ3) is 0.785. The van der Waals surface area contributed by atoms with Gasteiger partial charge in [0.2, 0.25) is 0 Å². The maximum Gasteiger partial charge on any atom is -0.00121 e. The first-order valence-corrected chi connectivity index (χ1v) is 7.99. The van der Waals surface area contributed by atoms with Gasteiger partial charge >= 0.3 is 0 Å². The minimum absolute atomic E-state index is 0.672. The molecular formula is C16H25N. The molecule has 0 aromatic carbocycles. The van der Waals surface area contributed by atoms with E-state index in [1.165, 1.54) is 18.8 Å². The SMILES string of the molecule is CC1CCC1C1CC2C3C4CCC4C3C12CN. The highest BCUT2D eigenvalue weighted by molar-refractivity contribution is 5.29. The van der Waals surface area contributed by atoms with Crippen LogP contribution in [0.1, 0.15) is 39.0 Å². The van der Waals surface area contributed by atoms with Crippen molar-refractivity contribution in [1.82, 2.24) is 0 Å². The number of hydrogen-bond acceptors (Lipinski definition) is 1. The van der Waals surface area contributed by atoms with Crippen molar-refractivity contribution in [3.05, 3.63) is 0 Å². The van der Waals surface area contributed by atoms with E-state index in [-0.39, 0.29) is 0 Å². The lowest BCUT2D eigenvalue weighted by atomic mass is 9.19. The van der Waals surface area contributed by atoms with Gasteiger partial charge in [0.05, 0.1) is 0 Å². The topological polar surface area (TPSA) is 26.0 Å². The summed E-state index contributed by atoms with van der Waals surface area (Å²) in [7, 11) is 0. The Kier molecular flexibility index (Phi) is 1.60. The molecule has 9 unspecified atom stereocenters. The summed E-state index contributed by atoms with van der Waals surface area (Å²) in [6.45, 7) is 3.50. The molecule has 1 nitrogen and oxygen atoms in total. The van der Waals surface area contributed by atoms with Crippen molar-refractivity contribution in [2.24, 2.45) is 58.5 Å². The summed E-state index contributed by atoms with van der Waals surface area (Å²) in [5.74, 6) is 8.77. The van der Waals surface area contributed by atoms with Crippen LogP contribution in [0, 0.1) is 52.8 Å². The van der Waals surface area contributed by atoms with Gasteiger partial charge in [-0.15, -0.1) is 0 Å². The van der Waals surface area contributed by atoms with Gasteiger partial charge in [0.25, 0.3) is 0 Å². The molecule has 1 heteroatoms. The van der Waals surface area contributed by atoms with Gasteiger partial charge in [0.15, 0.2) is 0 Å². The molecule has 5 rings (SSSR count). The second-order valence-corrected chi connectivity index (χ2v) is 7.99. The van der Waals surface area contributed by atoms with Crippen LogP contribution in [0.2, 0.25) is 0 Å². The molecule has 0 heterocycles. The summed E-state index contributed by atoms with van der Waals surface area (Å²) in [5.41, 5.74) is 6.95. The van der Waals surface area contributed by atoms with Crippen LogP contribution in [-0.2, 0) is 0 Å². The second kappa shape index (κ2) is 2.76. The first-order chi connectivity index (χ1) is 8.29. The van der Waals surface area contributed by atoms with Gasteiger partial charge in [-0.2, -0.15) is 0 Å². The summed E-state index contributed by atoms with van der Waals surface area (Å²) in [6.07, 6.45) is 7.69. The van der Waals surface area contributed by atoms with Gasteiger partial charge in [-0.25, -0.2) is 0 Å². The Morgan fingerprint density at radius 2 is 1.76 bits per heavy atom. The molecular weight excluding hydrogens is 206 g/mol. The van der Waals surface area contributed by atoms with Gasteiger partial charge in [-0.1, -0.05) is 13.3 Å². The third-order valence-electron chi connectivity index (χ3n) is 8.28. The van der Waals surface area contributed by atoms with Crippen LogP contribution in [-0.4, -0.2) is 6.54 Å². The fourth-order valence-electron chi connectivity index (χ4n) is 7.21. The largest absolute Gasteiger partial charge is 0.330 e. The summed E-state index contributed by atoms with van der Waals surface area (Å²) in [4.78, 5) is 0. The molecule has 0 amide bonds. The van der Waals surface area contributed by atoms with Crippen LogP contribution in [0.5, 0.6) is 0 Å². The summed E-state index contributed by atoms with van der Waals surface area (Å²) in [5, 5.41) is 0. The molecule has 0 aromatic heterocycles. The van der Waals surface area contributed by atoms with Crippen LogP contribution >= 0.6 is 0 Å². The van der Waals surface area contributed by atoms with E-state index in [1.807, 2.05) is 0 Å². The van der Waals surface area contributed by atoms with E-state index in [0.29, 0.717) is 5.41 Å². The van der Waals surface area contributed by atoms with Gasteiger partial charge in [-0.3, -0.25) is 0 Å². The lowest BCUT2D eigenvalue weighted by molar-refractivity contribution is -0.379. The molecule has 5 saturated carbocycles. The minimum atomic E-state index is 0.672. The molecule has 17 heavy (non-hydrogen) atoms. The minimum Gasteiger partial charge on any atom is -0.330 e. The Hall–Kier alpha value is -0.0400. The number of hydrogen-bond donors (Lipinski definition) is 1. The van der Waals surface area contributed by atoms with Crippen molar-refractivity contribution < 1.29 is 0 Å². The zero-order chi connectivity index (χ0) is 11.4. The normalized spacial score (nSPS) is 70.2. The molecule has 5 aliphatic rings. The molecule has 5 aliphatic carbocycles. The molecule has 0 aromatic rings. The van der Waals surface area contributed by atoms with Gasteiger partial charge < -0.3 is 5.73 Å². The first-order valence-electron chi connectivity index (χ1n) is 7.99. The molecule has 0 bridgehead atoms. The molecule has 0 aliphatic heterocycles. The summed E-state index contributed by atoms with van der Waals surface area (Å²) >= 11 is 0. The fourth-order valence-corrected chi connectivity index (χ4v) is 7.21. The van der Waals surface area contributed by atoms with Crippen LogP contribution < -0.4 is 5.73 Å². The molecule has 0 spiro atoms.